The highest BCUT2D eigenvalue weighted by molar-refractivity contribution is 5.82. The fraction of sp³-hybridized carbons (Fsp3) is 0.467. The van der Waals surface area contributed by atoms with Gasteiger partial charge in [0.2, 0.25) is 0 Å². The van der Waals surface area contributed by atoms with E-state index >= 15 is 0 Å². The van der Waals surface area contributed by atoms with Crippen molar-refractivity contribution in [1.82, 2.24) is 14.5 Å². The van der Waals surface area contributed by atoms with Crippen molar-refractivity contribution in [2.24, 2.45) is 7.05 Å². The van der Waals surface area contributed by atoms with Gasteiger partial charge in [0.25, 0.3) is 0 Å². The minimum atomic E-state index is -0.433. The molecule has 2 aliphatic heterocycles. The van der Waals surface area contributed by atoms with Gasteiger partial charge in [0.05, 0.1) is 11.0 Å². The van der Waals surface area contributed by atoms with E-state index in [1.54, 1.807) is 11.6 Å². The second kappa shape index (κ2) is 3.61. The van der Waals surface area contributed by atoms with Crippen LogP contribution in [-0.4, -0.2) is 22.2 Å². The van der Waals surface area contributed by atoms with Crippen LogP contribution in [0.15, 0.2) is 27.8 Å². The molecule has 0 aliphatic carbocycles. The first-order valence-electron chi connectivity index (χ1n) is 7.01. The summed E-state index contributed by atoms with van der Waals surface area (Å²) in [7, 11) is 1.68. The highest BCUT2D eigenvalue weighted by atomic mass is 16.2. The maximum atomic E-state index is 12.5. The molecule has 2 unspecified atom stereocenters. The summed E-state index contributed by atoms with van der Waals surface area (Å²) in [4.78, 5) is 24.7. The Balaban J connectivity index is 2.25. The lowest BCUT2D eigenvalue weighted by Crippen LogP contribution is -2.49. The topological polar surface area (TPSA) is 56.0 Å². The summed E-state index contributed by atoms with van der Waals surface area (Å²) in [6, 6.07) is 6.08. The van der Waals surface area contributed by atoms with Crippen molar-refractivity contribution in [2.75, 3.05) is 13.1 Å². The normalized spacial score (nSPS) is 27.8. The Labute approximate surface area is 115 Å². The molecule has 5 nitrogen and oxygen atoms in total. The zero-order valence-corrected chi connectivity index (χ0v) is 11.6. The third-order valence-corrected chi connectivity index (χ3v) is 5.07. The number of hydrogen-bond acceptors (Lipinski definition) is 3. The van der Waals surface area contributed by atoms with Gasteiger partial charge in [-0.2, -0.15) is 0 Å². The molecule has 104 valence electrons. The highest BCUT2D eigenvalue weighted by Crippen LogP contribution is 2.47. The molecule has 20 heavy (non-hydrogen) atoms. The zero-order valence-electron chi connectivity index (χ0n) is 11.6. The van der Waals surface area contributed by atoms with Crippen LogP contribution >= 0.6 is 0 Å². The minimum absolute atomic E-state index is 0.0880. The molecular weight excluding hydrogens is 254 g/mol. The largest absolute Gasteiger partial charge is 0.317 e. The Hall–Kier alpha value is -1.88. The number of nitrogens with one attached hydrogen (secondary N) is 1. The molecule has 1 saturated heterocycles. The van der Waals surface area contributed by atoms with E-state index in [1.165, 1.54) is 10.1 Å². The summed E-state index contributed by atoms with van der Waals surface area (Å²) in [6.45, 7) is 3.92. The average molecular weight is 271 g/mol. The molecule has 2 atom stereocenters. The minimum Gasteiger partial charge on any atom is -0.316 e. The van der Waals surface area contributed by atoms with Gasteiger partial charge < -0.3 is 9.88 Å². The Morgan fingerprint density at radius 3 is 2.90 bits per heavy atom. The van der Waals surface area contributed by atoms with Gasteiger partial charge in [-0.15, -0.1) is 0 Å². The van der Waals surface area contributed by atoms with Crippen molar-refractivity contribution >= 4 is 11.0 Å². The van der Waals surface area contributed by atoms with E-state index in [0.29, 0.717) is 0 Å². The van der Waals surface area contributed by atoms with Gasteiger partial charge in [-0.25, -0.2) is 0 Å². The van der Waals surface area contributed by atoms with E-state index in [4.69, 9.17) is 0 Å². The number of para-hydroxylation sites is 1. The van der Waals surface area contributed by atoms with Crippen LogP contribution in [0, 0.1) is 0 Å². The molecule has 0 amide bonds. The van der Waals surface area contributed by atoms with E-state index in [0.717, 1.165) is 30.5 Å². The molecule has 5 heteroatoms. The number of benzene rings is 1. The summed E-state index contributed by atoms with van der Waals surface area (Å²) < 4.78 is 3.24. The van der Waals surface area contributed by atoms with Gasteiger partial charge in [0.1, 0.15) is 0 Å². The fourth-order valence-corrected chi connectivity index (χ4v) is 3.98. The first-order chi connectivity index (χ1) is 9.55. The molecule has 2 aliphatic rings. The summed E-state index contributed by atoms with van der Waals surface area (Å²) in [5.74, 6) is 0. The number of aryl methyl sites for hydroxylation is 1. The smallest absolute Gasteiger partial charge is 0.316 e. The molecule has 1 aromatic carbocycles. The van der Waals surface area contributed by atoms with E-state index in [9.17, 15) is 9.59 Å². The van der Waals surface area contributed by atoms with Crippen LogP contribution in [-0.2, 0) is 12.5 Å². The molecule has 0 saturated carbocycles. The summed E-state index contributed by atoms with van der Waals surface area (Å²) in [5.41, 5.74) is 2.05. The van der Waals surface area contributed by atoms with Crippen LogP contribution in [0.5, 0.6) is 0 Å². The maximum absolute atomic E-state index is 12.5. The molecule has 4 rings (SSSR count). The van der Waals surface area contributed by atoms with E-state index in [1.807, 2.05) is 12.1 Å². The molecule has 1 aromatic heterocycles. The van der Waals surface area contributed by atoms with Crippen molar-refractivity contribution in [3.05, 3.63) is 44.5 Å². The molecule has 1 fully saturated rings. The standard InChI is InChI=1S/C15H17N3O2/c1-15-8-16-7-6-11(15)18-12-9(15)4-3-5-10(12)17(2)13(19)14(18)20/h3-5,11,16H,6-8H2,1-2H3. The van der Waals surface area contributed by atoms with Crippen LogP contribution < -0.4 is 16.4 Å². The molecule has 0 bridgehead atoms. The van der Waals surface area contributed by atoms with Gasteiger partial charge in [0.15, 0.2) is 0 Å². The zero-order chi connectivity index (χ0) is 14.1. The van der Waals surface area contributed by atoms with Crippen LogP contribution in [0.4, 0.5) is 0 Å². The lowest BCUT2D eigenvalue weighted by molar-refractivity contribution is 0.243. The van der Waals surface area contributed by atoms with Crippen LogP contribution in [0.2, 0.25) is 0 Å². The van der Waals surface area contributed by atoms with Gasteiger partial charge in [0, 0.05) is 25.0 Å². The SMILES string of the molecule is Cn1c(=O)c(=O)n2c3c(cccc31)C1(C)CNCCC21. The summed E-state index contributed by atoms with van der Waals surface area (Å²) >= 11 is 0. The predicted octanol–water partition coefficient (Wildman–Crippen LogP) is 0.506. The van der Waals surface area contributed by atoms with Gasteiger partial charge in [-0.3, -0.25) is 14.2 Å². The number of nitrogens with zero attached hydrogens (tertiary/aromatic N) is 2. The number of aromatic nitrogens is 2. The van der Waals surface area contributed by atoms with Gasteiger partial charge in [-0.1, -0.05) is 19.1 Å². The fourth-order valence-electron chi connectivity index (χ4n) is 3.98. The Kier molecular flexibility index (Phi) is 2.15. The average Bonchev–Trinajstić information content (AvgIpc) is 2.73. The van der Waals surface area contributed by atoms with E-state index in [-0.39, 0.29) is 17.0 Å². The molecule has 0 spiro atoms. The second-order valence-corrected chi connectivity index (χ2v) is 6.11. The lowest BCUT2D eigenvalue weighted by Gasteiger charge is -2.37. The quantitative estimate of drug-likeness (QED) is 0.710. The van der Waals surface area contributed by atoms with Gasteiger partial charge in [-0.05, 0) is 24.6 Å². The van der Waals surface area contributed by atoms with Crippen LogP contribution in [0.1, 0.15) is 24.9 Å². The molecule has 0 radical (unpaired) electrons. The lowest BCUT2D eigenvalue weighted by atomic mass is 9.75. The Bertz CT molecular complexity index is 849. The van der Waals surface area contributed by atoms with Crippen LogP contribution in [0.25, 0.3) is 11.0 Å². The number of hydrogen-bond donors (Lipinski definition) is 1. The van der Waals surface area contributed by atoms with Crippen LogP contribution in [0.3, 0.4) is 0 Å². The predicted molar refractivity (Wildman–Crippen MR) is 77.3 cm³/mol. The number of piperidine rings is 1. The molecular formula is C15H17N3O2. The number of fused-ring (bicyclic) bond motifs is 3. The maximum Gasteiger partial charge on any atom is 0.317 e. The van der Waals surface area contributed by atoms with Gasteiger partial charge >= 0.3 is 11.1 Å². The van der Waals surface area contributed by atoms with Crippen molar-refractivity contribution < 1.29 is 0 Å². The third-order valence-electron chi connectivity index (χ3n) is 5.07. The van der Waals surface area contributed by atoms with Crippen molar-refractivity contribution in [1.29, 1.82) is 0 Å². The molecule has 2 aromatic rings. The van der Waals surface area contributed by atoms with E-state index < -0.39 is 5.56 Å². The van der Waals surface area contributed by atoms with Crippen molar-refractivity contribution in [3.8, 4) is 0 Å². The third kappa shape index (κ3) is 1.17. The van der Waals surface area contributed by atoms with Crippen molar-refractivity contribution in [3.63, 3.8) is 0 Å². The summed E-state index contributed by atoms with van der Waals surface area (Å²) in [6.07, 6.45) is 0.882. The van der Waals surface area contributed by atoms with Crippen molar-refractivity contribution in [2.45, 2.75) is 24.8 Å². The number of rotatable bonds is 0. The summed E-state index contributed by atoms with van der Waals surface area (Å²) in [5, 5.41) is 3.42. The highest BCUT2D eigenvalue weighted by Gasteiger charge is 2.46. The first kappa shape index (κ1) is 11.9. The monoisotopic (exact) mass is 271 g/mol. The molecule has 1 N–H and O–H groups in total. The Morgan fingerprint density at radius 1 is 1.30 bits per heavy atom. The van der Waals surface area contributed by atoms with E-state index in [2.05, 4.69) is 18.3 Å². The first-order valence-corrected chi connectivity index (χ1v) is 7.01. The Morgan fingerprint density at radius 2 is 2.10 bits per heavy atom. The second-order valence-electron chi connectivity index (χ2n) is 6.11. The molecule has 3 heterocycles.